The Hall–Kier alpha value is -1.13. The first-order chi connectivity index (χ1) is 7.85. The lowest BCUT2D eigenvalue weighted by atomic mass is 10.8. The second-order valence-corrected chi connectivity index (χ2v) is 2.74. The van der Waals surface area contributed by atoms with E-state index >= 15 is 0 Å². The Labute approximate surface area is 94.9 Å². The molecular weight excluding hydrogens is 235 g/mol. The molecule has 0 aromatic carbocycles. The van der Waals surface area contributed by atoms with Crippen LogP contribution in [-0.4, -0.2) is 19.8 Å². The van der Waals surface area contributed by atoms with E-state index in [1.54, 1.807) is 0 Å². The molecule has 6 nitrogen and oxygen atoms in total. The summed E-state index contributed by atoms with van der Waals surface area (Å²) in [5.41, 5.74) is 0. The predicted octanol–water partition coefficient (Wildman–Crippen LogP) is 0.958. The fourth-order valence-corrected chi connectivity index (χ4v) is 0.838. The summed E-state index contributed by atoms with van der Waals surface area (Å²) in [6.45, 7) is -0.262. The fourth-order valence-electron chi connectivity index (χ4n) is 0.347. The fraction of sp³-hybridized carbons (Fsp3) is 0.333. The average molecular weight is 244 g/mol. The number of rotatable bonds is 9. The topological polar surface area (TPSA) is 55.4 Å². The van der Waals surface area contributed by atoms with E-state index in [1.165, 1.54) is 0 Å². The summed E-state index contributed by atoms with van der Waals surface area (Å²) in [4.78, 5) is 13.5. The molecule has 0 rings (SSSR count). The van der Waals surface area contributed by atoms with Crippen molar-refractivity contribution in [3.8, 4) is 37.0 Å². The maximum atomic E-state index is 4.91. The Morgan fingerprint density at radius 2 is 1.00 bits per heavy atom. The van der Waals surface area contributed by atoms with Gasteiger partial charge in [-0.05, 0) is 0 Å². The van der Waals surface area contributed by atoms with Crippen molar-refractivity contribution in [1.29, 1.82) is 0 Å². The summed E-state index contributed by atoms with van der Waals surface area (Å²) in [6, 6.07) is 0. The first-order valence-corrected chi connectivity index (χ1v) is 4.94. The van der Waals surface area contributed by atoms with Crippen molar-refractivity contribution in [3.63, 3.8) is 0 Å². The Morgan fingerprint density at radius 3 is 1.25 bits per heavy atom. The SMILES string of the molecule is C#CCOOP(OOCC#C)OOCC#C. The van der Waals surface area contributed by atoms with E-state index in [9.17, 15) is 0 Å². The molecule has 0 heterocycles. The van der Waals surface area contributed by atoms with Gasteiger partial charge in [0.1, 0.15) is 19.8 Å². The van der Waals surface area contributed by atoms with Crippen LogP contribution in [0.4, 0.5) is 0 Å². The Morgan fingerprint density at radius 1 is 0.688 bits per heavy atom. The van der Waals surface area contributed by atoms with E-state index in [2.05, 4.69) is 46.4 Å². The highest BCUT2D eigenvalue weighted by atomic mass is 31.2. The van der Waals surface area contributed by atoms with Gasteiger partial charge in [0.15, 0.2) is 0 Å². The molecule has 0 atom stereocenters. The van der Waals surface area contributed by atoms with Crippen LogP contribution in [0.2, 0.25) is 0 Å². The van der Waals surface area contributed by atoms with Crippen LogP contribution >= 0.6 is 8.60 Å². The lowest BCUT2D eigenvalue weighted by molar-refractivity contribution is -0.300. The molecule has 7 heteroatoms. The molecule has 16 heavy (non-hydrogen) atoms. The van der Waals surface area contributed by atoms with Crippen molar-refractivity contribution in [2.75, 3.05) is 19.8 Å². The highest BCUT2D eigenvalue weighted by Crippen LogP contribution is 2.40. The molecule has 0 fully saturated rings. The summed E-state index contributed by atoms with van der Waals surface area (Å²) in [7, 11) is -2.05. The maximum Gasteiger partial charge on any atom is 0.421 e. The summed E-state index contributed by atoms with van der Waals surface area (Å²) >= 11 is 0. The third kappa shape index (κ3) is 9.43. The Kier molecular flexibility index (Phi) is 11.1. The molecule has 0 saturated heterocycles. The van der Waals surface area contributed by atoms with Gasteiger partial charge in [-0.25, -0.2) is 14.7 Å². The normalized spacial score (nSPS) is 9.38. The second kappa shape index (κ2) is 11.9. The molecule has 0 N–H and O–H groups in total. The molecule has 0 saturated carbocycles. The zero-order chi connectivity index (χ0) is 12.1. The van der Waals surface area contributed by atoms with E-state index in [0.717, 1.165) is 0 Å². The lowest BCUT2D eigenvalue weighted by Gasteiger charge is -2.10. The zero-order valence-electron chi connectivity index (χ0n) is 8.25. The number of hydrogen-bond acceptors (Lipinski definition) is 6. The van der Waals surface area contributed by atoms with Gasteiger partial charge < -0.3 is 0 Å². The Bertz CT molecular complexity index is 238. The van der Waals surface area contributed by atoms with Gasteiger partial charge in [0, 0.05) is 0 Å². The first-order valence-electron chi connectivity index (χ1n) is 3.84. The van der Waals surface area contributed by atoms with Crippen molar-refractivity contribution in [3.05, 3.63) is 0 Å². The van der Waals surface area contributed by atoms with E-state index in [-0.39, 0.29) is 19.8 Å². The molecular formula is C9H9O6P. The van der Waals surface area contributed by atoms with Gasteiger partial charge in [0.2, 0.25) is 0 Å². The van der Waals surface area contributed by atoms with Crippen LogP contribution in [0.15, 0.2) is 0 Å². The minimum Gasteiger partial charge on any atom is -0.215 e. The van der Waals surface area contributed by atoms with E-state index in [1.807, 2.05) is 0 Å². The van der Waals surface area contributed by atoms with Gasteiger partial charge in [-0.15, -0.1) is 33.3 Å². The molecule has 0 aliphatic heterocycles. The van der Waals surface area contributed by atoms with Crippen LogP contribution in [0.25, 0.3) is 0 Å². The molecule has 0 spiro atoms. The van der Waals surface area contributed by atoms with Gasteiger partial charge in [-0.2, -0.15) is 0 Å². The molecule has 0 aliphatic rings. The van der Waals surface area contributed by atoms with E-state index < -0.39 is 8.60 Å². The van der Waals surface area contributed by atoms with Gasteiger partial charge >= 0.3 is 8.60 Å². The van der Waals surface area contributed by atoms with E-state index in [4.69, 9.17) is 19.3 Å². The van der Waals surface area contributed by atoms with Crippen LogP contribution in [0.5, 0.6) is 0 Å². The van der Waals surface area contributed by atoms with E-state index in [0.29, 0.717) is 0 Å². The molecule has 0 aromatic heterocycles. The maximum absolute atomic E-state index is 4.91. The van der Waals surface area contributed by atoms with Gasteiger partial charge in [0.05, 0.1) is 0 Å². The monoisotopic (exact) mass is 244 g/mol. The standard InChI is InChI=1S/C9H9O6P/c1-4-7-10-13-16(14-11-8-5-2)15-12-9-6-3/h1-3H,7-9H2. The van der Waals surface area contributed by atoms with Gasteiger partial charge in [-0.3, -0.25) is 0 Å². The van der Waals surface area contributed by atoms with Crippen molar-refractivity contribution >= 4 is 8.60 Å². The van der Waals surface area contributed by atoms with Crippen LogP contribution in [0.3, 0.4) is 0 Å². The predicted molar refractivity (Wildman–Crippen MR) is 54.5 cm³/mol. The smallest absolute Gasteiger partial charge is 0.215 e. The highest BCUT2D eigenvalue weighted by Gasteiger charge is 2.16. The van der Waals surface area contributed by atoms with Crippen LogP contribution < -0.4 is 0 Å². The van der Waals surface area contributed by atoms with Crippen molar-refractivity contribution in [2.45, 2.75) is 0 Å². The van der Waals surface area contributed by atoms with Crippen molar-refractivity contribution in [1.82, 2.24) is 0 Å². The molecule has 0 radical (unpaired) electrons. The molecule has 0 aromatic rings. The van der Waals surface area contributed by atoms with Gasteiger partial charge in [0.25, 0.3) is 0 Å². The number of hydrogen-bond donors (Lipinski definition) is 0. The second-order valence-electron chi connectivity index (χ2n) is 1.85. The molecule has 0 bridgehead atoms. The minimum absolute atomic E-state index is 0.0875. The molecule has 0 amide bonds. The Balaban J connectivity index is 3.73. The van der Waals surface area contributed by atoms with Crippen molar-refractivity contribution < 1.29 is 28.7 Å². The quantitative estimate of drug-likeness (QED) is 0.198. The highest BCUT2D eigenvalue weighted by molar-refractivity contribution is 7.41. The molecule has 0 unspecified atom stereocenters. The van der Waals surface area contributed by atoms with Gasteiger partial charge in [-0.1, -0.05) is 17.8 Å². The third-order valence-electron chi connectivity index (χ3n) is 0.767. The number of terminal acetylenes is 3. The lowest BCUT2D eigenvalue weighted by Crippen LogP contribution is -2.00. The zero-order valence-corrected chi connectivity index (χ0v) is 9.14. The first kappa shape index (κ1) is 14.9. The minimum atomic E-state index is -2.05. The average Bonchev–Trinajstić information content (AvgIpc) is 2.29. The van der Waals surface area contributed by atoms with Crippen LogP contribution in [0, 0.1) is 37.0 Å². The van der Waals surface area contributed by atoms with Crippen LogP contribution in [0.1, 0.15) is 0 Å². The molecule has 0 aliphatic carbocycles. The molecule has 86 valence electrons. The van der Waals surface area contributed by atoms with Crippen LogP contribution in [-0.2, 0) is 28.7 Å². The largest absolute Gasteiger partial charge is 0.421 e. The van der Waals surface area contributed by atoms with Crippen molar-refractivity contribution in [2.24, 2.45) is 0 Å². The summed E-state index contributed by atoms with van der Waals surface area (Å²) in [5, 5.41) is 0. The third-order valence-corrected chi connectivity index (χ3v) is 1.45. The summed E-state index contributed by atoms with van der Waals surface area (Å²) in [5.74, 6) is 6.49. The summed E-state index contributed by atoms with van der Waals surface area (Å²) in [6.07, 6.45) is 14.7. The summed E-state index contributed by atoms with van der Waals surface area (Å²) < 4.78 is 13.7.